The van der Waals surface area contributed by atoms with Crippen molar-refractivity contribution in [1.82, 2.24) is 19.7 Å². The van der Waals surface area contributed by atoms with Crippen molar-refractivity contribution in [3.8, 4) is 5.82 Å². The van der Waals surface area contributed by atoms with E-state index in [0.29, 0.717) is 17.5 Å². The van der Waals surface area contributed by atoms with E-state index in [-0.39, 0.29) is 5.69 Å². The van der Waals surface area contributed by atoms with Crippen LogP contribution >= 0.6 is 0 Å². The topological polar surface area (TPSA) is 80.9 Å². The smallest absolute Gasteiger partial charge is 0.354 e. The Bertz CT molecular complexity index is 548. The second-order valence-electron chi connectivity index (χ2n) is 3.30. The third-order valence-electron chi connectivity index (χ3n) is 2.05. The lowest BCUT2D eigenvalue weighted by molar-refractivity contribution is 0.0690. The second-order valence-corrected chi connectivity index (χ2v) is 3.30. The summed E-state index contributed by atoms with van der Waals surface area (Å²) in [6, 6.07) is 4.75. The highest BCUT2D eigenvalue weighted by Gasteiger charge is 2.09. The summed E-state index contributed by atoms with van der Waals surface area (Å²) in [7, 11) is 0. The van der Waals surface area contributed by atoms with E-state index in [1.807, 2.05) is 0 Å². The van der Waals surface area contributed by atoms with Gasteiger partial charge >= 0.3 is 5.97 Å². The molecule has 1 N–H and O–H groups in total. The highest BCUT2D eigenvalue weighted by Crippen LogP contribution is 2.07. The number of aromatic nitrogens is 4. The van der Waals surface area contributed by atoms with Gasteiger partial charge in [-0.15, -0.1) is 5.10 Å². The number of hydrogen-bond acceptors (Lipinski definition) is 4. The van der Waals surface area contributed by atoms with Gasteiger partial charge in [-0.3, -0.25) is 0 Å². The van der Waals surface area contributed by atoms with E-state index >= 15 is 0 Å². The number of aryl methyl sites for hydroxylation is 2. The molecule has 0 aliphatic rings. The number of carboxylic acids is 1. The zero-order chi connectivity index (χ0) is 11.7. The lowest BCUT2D eigenvalue weighted by Gasteiger charge is -2.02. The van der Waals surface area contributed by atoms with Gasteiger partial charge in [0.15, 0.2) is 11.5 Å². The van der Waals surface area contributed by atoms with E-state index in [0.717, 1.165) is 0 Å². The van der Waals surface area contributed by atoms with E-state index in [1.165, 1.54) is 10.7 Å². The largest absolute Gasteiger partial charge is 0.477 e. The van der Waals surface area contributed by atoms with Crippen LogP contribution in [0.3, 0.4) is 0 Å². The lowest BCUT2D eigenvalue weighted by Crippen LogP contribution is -2.07. The van der Waals surface area contributed by atoms with E-state index < -0.39 is 5.97 Å². The van der Waals surface area contributed by atoms with Crippen LogP contribution in [0.5, 0.6) is 0 Å². The molecule has 0 atom stereocenters. The number of rotatable bonds is 2. The van der Waals surface area contributed by atoms with Crippen molar-refractivity contribution in [3.05, 3.63) is 35.5 Å². The first kappa shape index (κ1) is 10.3. The molecular formula is C10H10N4O2. The monoisotopic (exact) mass is 218 g/mol. The molecule has 0 aliphatic carbocycles. The first-order valence-electron chi connectivity index (χ1n) is 4.69. The summed E-state index contributed by atoms with van der Waals surface area (Å²) in [5, 5.41) is 13.0. The van der Waals surface area contributed by atoms with Gasteiger partial charge in [0.2, 0.25) is 0 Å². The number of carboxylic acid groups (broad SMARTS) is 1. The number of carbonyl (C=O) groups is 1. The maximum Gasteiger partial charge on any atom is 0.354 e. The highest BCUT2D eigenvalue weighted by molar-refractivity contribution is 5.85. The first-order valence-corrected chi connectivity index (χ1v) is 4.69. The van der Waals surface area contributed by atoms with Crippen molar-refractivity contribution in [2.75, 3.05) is 0 Å². The van der Waals surface area contributed by atoms with Gasteiger partial charge in [0.1, 0.15) is 11.6 Å². The van der Waals surface area contributed by atoms with E-state index in [1.54, 1.807) is 26.0 Å². The van der Waals surface area contributed by atoms with E-state index in [2.05, 4.69) is 15.1 Å². The molecule has 6 nitrogen and oxygen atoms in total. The second kappa shape index (κ2) is 3.73. The number of hydrogen-bond donors (Lipinski definition) is 1. The van der Waals surface area contributed by atoms with Crippen molar-refractivity contribution in [2.24, 2.45) is 0 Å². The summed E-state index contributed by atoms with van der Waals surface area (Å²) in [5.41, 5.74) is -0.00921. The molecule has 82 valence electrons. The third-order valence-corrected chi connectivity index (χ3v) is 2.05. The predicted octanol–water partition coefficient (Wildman–Crippen LogP) is 0.977. The molecule has 16 heavy (non-hydrogen) atoms. The molecule has 0 saturated carbocycles. The minimum atomic E-state index is -1.06. The van der Waals surface area contributed by atoms with Crippen LogP contribution in [0, 0.1) is 13.8 Å². The molecule has 2 rings (SSSR count). The molecule has 0 fully saturated rings. The number of pyridine rings is 1. The van der Waals surface area contributed by atoms with Crippen LogP contribution in [0.2, 0.25) is 0 Å². The van der Waals surface area contributed by atoms with Crippen LogP contribution in [-0.2, 0) is 0 Å². The van der Waals surface area contributed by atoms with Crippen molar-refractivity contribution in [2.45, 2.75) is 13.8 Å². The zero-order valence-corrected chi connectivity index (χ0v) is 8.88. The zero-order valence-electron chi connectivity index (χ0n) is 8.88. The Kier molecular flexibility index (Phi) is 2.40. The molecule has 0 radical (unpaired) electrons. The average Bonchev–Trinajstić information content (AvgIpc) is 2.58. The van der Waals surface area contributed by atoms with Crippen molar-refractivity contribution < 1.29 is 9.90 Å². The maximum absolute atomic E-state index is 10.8. The molecule has 2 aromatic rings. The summed E-state index contributed by atoms with van der Waals surface area (Å²) in [4.78, 5) is 18.9. The first-order chi connectivity index (χ1) is 7.58. The Morgan fingerprint density at radius 2 is 2.06 bits per heavy atom. The van der Waals surface area contributed by atoms with Crippen LogP contribution < -0.4 is 0 Å². The van der Waals surface area contributed by atoms with Crippen molar-refractivity contribution in [3.63, 3.8) is 0 Å². The lowest BCUT2D eigenvalue weighted by atomic mass is 10.3. The predicted molar refractivity (Wildman–Crippen MR) is 55.6 cm³/mol. The molecular weight excluding hydrogens is 208 g/mol. The summed E-state index contributed by atoms with van der Waals surface area (Å²) < 4.78 is 1.52. The molecule has 0 spiro atoms. The molecule has 0 aliphatic heterocycles. The third kappa shape index (κ3) is 1.77. The van der Waals surface area contributed by atoms with Crippen molar-refractivity contribution in [1.29, 1.82) is 0 Å². The summed E-state index contributed by atoms with van der Waals surface area (Å²) >= 11 is 0. The Morgan fingerprint density at radius 1 is 1.31 bits per heavy atom. The molecule has 2 heterocycles. The van der Waals surface area contributed by atoms with Gasteiger partial charge in [-0.2, -0.15) is 4.68 Å². The minimum Gasteiger partial charge on any atom is -0.477 e. The van der Waals surface area contributed by atoms with Crippen LogP contribution in [-0.4, -0.2) is 30.8 Å². The van der Waals surface area contributed by atoms with Gasteiger partial charge in [0.05, 0.1) is 0 Å². The van der Waals surface area contributed by atoms with Crippen LogP contribution in [0.15, 0.2) is 18.2 Å². The fourth-order valence-electron chi connectivity index (χ4n) is 1.40. The number of aromatic carboxylic acids is 1. The Balaban J connectivity index is 2.52. The molecule has 0 saturated heterocycles. The van der Waals surface area contributed by atoms with Gasteiger partial charge in [-0.1, -0.05) is 6.07 Å². The summed E-state index contributed by atoms with van der Waals surface area (Å²) in [6.07, 6.45) is 0. The molecule has 0 aromatic carbocycles. The highest BCUT2D eigenvalue weighted by atomic mass is 16.4. The average molecular weight is 218 g/mol. The molecule has 6 heteroatoms. The molecule has 2 aromatic heterocycles. The van der Waals surface area contributed by atoms with Gasteiger partial charge in [0.25, 0.3) is 0 Å². The summed E-state index contributed by atoms with van der Waals surface area (Å²) in [5.74, 6) is 0.696. The standard InChI is InChI=1S/C10H10N4O2/c1-6-11-7(2)14(13-6)9-5-3-4-8(12-9)10(15)16/h3-5H,1-2H3,(H,15,16). The van der Waals surface area contributed by atoms with E-state index in [4.69, 9.17) is 5.11 Å². The van der Waals surface area contributed by atoms with Gasteiger partial charge in [-0.25, -0.2) is 14.8 Å². The summed E-state index contributed by atoms with van der Waals surface area (Å²) in [6.45, 7) is 3.56. The fourth-order valence-corrected chi connectivity index (χ4v) is 1.40. The van der Waals surface area contributed by atoms with Gasteiger partial charge < -0.3 is 5.11 Å². The maximum atomic E-state index is 10.8. The Hall–Kier alpha value is -2.24. The Labute approximate surface area is 91.6 Å². The SMILES string of the molecule is Cc1nc(C)n(-c2cccc(C(=O)O)n2)n1. The fraction of sp³-hybridized carbons (Fsp3) is 0.200. The quantitative estimate of drug-likeness (QED) is 0.812. The van der Waals surface area contributed by atoms with Gasteiger partial charge in [0, 0.05) is 0 Å². The van der Waals surface area contributed by atoms with Crippen LogP contribution in [0.1, 0.15) is 22.1 Å². The van der Waals surface area contributed by atoms with Crippen LogP contribution in [0.25, 0.3) is 5.82 Å². The molecule has 0 bridgehead atoms. The van der Waals surface area contributed by atoms with Crippen LogP contribution in [0.4, 0.5) is 0 Å². The normalized spacial score (nSPS) is 10.4. The van der Waals surface area contributed by atoms with Gasteiger partial charge in [-0.05, 0) is 26.0 Å². The molecule has 0 unspecified atom stereocenters. The minimum absolute atomic E-state index is 0.00921. The molecule has 0 amide bonds. The number of nitrogens with zero attached hydrogens (tertiary/aromatic N) is 4. The van der Waals surface area contributed by atoms with Crippen molar-refractivity contribution >= 4 is 5.97 Å². The van der Waals surface area contributed by atoms with E-state index in [9.17, 15) is 4.79 Å². The Morgan fingerprint density at radius 3 is 2.62 bits per heavy atom.